The van der Waals surface area contributed by atoms with Gasteiger partial charge in [0.05, 0.1) is 6.61 Å². The Balaban J connectivity index is 2.04. The molecule has 0 aromatic carbocycles. The summed E-state index contributed by atoms with van der Waals surface area (Å²) < 4.78 is 5.28. The summed E-state index contributed by atoms with van der Waals surface area (Å²) in [5, 5.41) is 0. The van der Waals surface area contributed by atoms with Gasteiger partial charge in [0.1, 0.15) is 6.29 Å². The molecule has 2 nitrogen and oxygen atoms in total. The number of hydrogen-bond acceptors (Lipinski definition) is 2. The van der Waals surface area contributed by atoms with Crippen LogP contribution in [0.4, 0.5) is 0 Å². The molecule has 62 valence electrons. The predicted octanol–water partition coefficient (Wildman–Crippen LogP) is 1.39. The van der Waals surface area contributed by atoms with Crippen molar-refractivity contribution in [2.45, 2.75) is 25.7 Å². The Kier molecular flexibility index (Phi) is 1.72. The van der Waals surface area contributed by atoms with Gasteiger partial charge in [0.15, 0.2) is 0 Å². The fourth-order valence-corrected chi connectivity index (χ4v) is 2.20. The first kappa shape index (κ1) is 7.29. The van der Waals surface area contributed by atoms with Crippen LogP contribution >= 0.6 is 0 Å². The minimum absolute atomic E-state index is 0.0382. The summed E-state index contributed by atoms with van der Waals surface area (Å²) in [6.07, 6.45) is 5.71. The lowest BCUT2D eigenvalue weighted by atomic mass is 9.62. The molecular formula is C9H14O2. The molecule has 0 amide bonds. The lowest BCUT2D eigenvalue weighted by Crippen LogP contribution is -2.39. The first-order valence-corrected chi connectivity index (χ1v) is 4.41. The maximum absolute atomic E-state index is 10.8. The molecule has 0 N–H and O–H groups in total. The number of aldehydes is 1. The van der Waals surface area contributed by atoms with Gasteiger partial charge in [-0.2, -0.15) is 0 Å². The van der Waals surface area contributed by atoms with E-state index in [1.807, 2.05) is 0 Å². The Hall–Kier alpha value is -0.370. The number of hydrogen-bond donors (Lipinski definition) is 0. The Labute approximate surface area is 66.9 Å². The normalized spacial score (nSPS) is 34.7. The van der Waals surface area contributed by atoms with Crippen molar-refractivity contribution >= 4 is 6.29 Å². The van der Waals surface area contributed by atoms with Crippen LogP contribution < -0.4 is 0 Å². The Bertz CT molecular complexity index is 155. The molecule has 1 aliphatic heterocycles. The van der Waals surface area contributed by atoms with Crippen molar-refractivity contribution in [1.29, 1.82) is 0 Å². The van der Waals surface area contributed by atoms with Crippen LogP contribution in [0.25, 0.3) is 0 Å². The highest BCUT2D eigenvalue weighted by Gasteiger charge is 2.45. The summed E-state index contributed by atoms with van der Waals surface area (Å²) in [6.45, 7) is 1.68. The standard InChI is InChI=1S/C9H14O2/c10-7-9(3-1-4-9)8-2-5-11-6-8/h7-8H,1-6H2. The molecule has 0 bridgehead atoms. The zero-order chi connectivity index (χ0) is 7.73. The van der Waals surface area contributed by atoms with E-state index in [4.69, 9.17) is 4.74 Å². The third-order valence-corrected chi connectivity index (χ3v) is 3.26. The molecule has 1 aliphatic carbocycles. The molecule has 0 aromatic heterocycles. The molecule has 1 saturated heterocycles. The van der Waals surface area contributed by atoms with Crippen molar-refractivity contribution < 1.29 is 9.53 Å². The van der Waals surface area contributed by atoms with Crippen LogP contribution in [0.15, 0.2) is 0 Å². The second kappa shape index (κ2) is 2.59. The lowest BCUT2D eigenvalue weighted by molar-refractivity contribution is -0.124. The highest BCUT2D eigenvalue weighted by molar-refractivity contribution is 5.61. The summed E-state index contributed by atoms with van der Waals surface area (Å²) >= 11 is 0. The first-order valence-electron chi connectivity index (χ1n) is 4.41. The molecule has 11 heavy (non-hydrogen) atoms. The van der Waals surface area contributed by atoms with Crippen molar-refractivity contribution in [2.75, 3.05) is 13.2 Å². The number of ether oxygens (including phenoxy) is 1. The van der Waals surface area contributed by atoms with E-state index in [-0.39, 0.29) is 5.41 Å². The van der Waals surface area contributed by atoms with E-state index in [0.717, 1.165) is 32.5 Å². The fourth-order valence-electron chi connectivity index (χ4n) is 2.20. The summed E-state index contributed by atoms with van der Waals surface area (Å²) in [7, 11) is 0. The summed E-state index contributed by atoms with van der Waals surface area (Å²) in [5.41, 5.74) is 0.0382. The lowest BCUT2D eigenvalue weighted by Gasteiger charge is -2.41. The SMILES string of the molecule is O=CC1(C2CCOC2)CCC1. The van der Waals surface area contributed by atoms with Crippen LogP contribution in [0, 0.1) is 11.3 Å². The molecule has 2 heteroatoms. The van der Waals surface area contributed by atoms with Gasteiger partial charge in [-0.15, -0.1) is 0 Å². The fraction of sp³-hybridized carbons (Fsp3) is 0.889. The monoisotopic (exact) mass is 154 g/mol. The molecule has 0 spiro atoms. The minimum Gasteiger partial charge on any atom is -0.381 e. The maximum Gasteiger partial charge on any atom is 0.126 e. The van der Waals surface area contributed by atoms with Crippen molar-refractivity contribution in [3.63, 3.8) is 0 Å². The van der Waals surface area contributed by atoms with Gasteiger partial charge >= 0.3 is 0 Å². The van der Waals surface area contributed by atoms with Gasteiger partial charge < -0.3 is 9.53 Å². The van der Waals surface area contributed by atoms with Crippen LogP contribution in [-0.2, 0) is 9.53 Å². The largest absolute Gasteiger partial charge is 0.381 e. The highest BCUT2D eigenvalue weighted by Crippen LogP contribution is 2.48. The van der Waals surface area contributed by atoms with E-state index in [1.165, 1.54) is 12.7 Å². The smallest absolute Gasteiger partial charge is 0.126 e. The number of carbonyl (C=O) groups is 1. The molecule has 2 aliphatic rings. The Morgan fingerprint density at radius 2 is 2.27 bits per heavy atom. The van der Waals surface area contributed by atoms with E-state index in [0.29, 0.717) is 5.92 Å². The predicted molar refractivity (Wildman–Crippen MR) is 41.3 cm³/mol. The molecule has 0 aromatic rings. The molecular weight excluding hydrogens is 140 g/mol. The third kappa shape index (κ3) is 1.00. The van der Waals surface area contributed by atoms with E-state index in [1.54, 1.807) is 0 Å². The van der Waals surface area contributed by atoms with Crippen molar-refractivity contribution in [1.82, 2.24) is 0 Å². The van der Waals surface area contributed by atoms with Gasteiger partial charge in [-0.05, 0) is 25.2 Å². The van der Waals surface area contributed by atoms with Gasteiger partial charge in [-0.25, -0.2) is 0 Å². The van der Waals surface area contributed by atoms with Gasteiger partial charge in [0, 0.05) is 12.0 Å². The van der Waals surface area contributed by atoms with E-state index in [9.17, 15) is 4.79 Å². The van der Waals surface area contributed by atoms with Crippen LogP contribution in [0.2, 0.25) is 0 Å². The minimum atomic E-state index is 0.0382. The van der Waals surface area contributed by atoms with Crippen molar-refractivity contribution in [2.24, 2.45) is 11.3 Å². The average molecular weight is 154 g/mol. The van der Waals surface area contributed by atoms with E-state index >= 15 is 0 Å². The quantitative estimate of drug-likeness (QED) is 0.562. The molecule has 1 unspecified atom stereocenters. The van der Waals surface area contributed by atoms with Crippen LogP contribution in [0.1, 0.15) is 25.7 Å². The van der Waals surface area contributed by atoms with Crippen LogP contribution in [-0.4, -0.2) is 19.5 Å². The van der Waals surface area contributed by atoms with Gasteiger partial charge in [-0.1, -0.05) is 6.42 Å². The van der Waals surface area contributed by atoms with Gasteiger partial charge in [0.2, 0.25) is 0 Å². The zero-order valence-corrected chi connectivity index (χ0v) is 6.71. The first-order chi connectivity index (χ1) is 5.37. The summed E-state index contributed by atoms with van der Waals surface area (Å²) in [6, 6.07) is 0. The molecule has 1 saturated carbocycles. The Morgan fingerprint density at radius 1 is 1.45 bits per heavy atom. The molecule has 0 radical (unpaired) electrons. The summed E-state index contributed by atoms with van der Waals surface area (Å²) in [5.74, 6) is 0.536. The topological polar surface area (TPSA) is 26.3 Å². The van der Waals surface area contributed by atoms with Crippen molar-refractivity contribution in [3.8, 4) is 0 Å². The molecule has 2 fully saturated rings. The highest BCUT2D eigenvalue weighted by atomic mass is 16.5. The molecule has 1 heterocycles. The summed E-state index contributed by atoms with van der Waals surface area (Å²) in [4.78, 5) is 10.8. The van der Waals surface area contributed by atoms with Gasteiger partial charge in [-0.3, -0.25) is 0 Å². The van der Waals surface area contributed by atoms with Crippen LogP contribution in [0.3, 0.4) is 0 Å². The van der Waals surface area contributed by atoms with Crippen LogP contribution in [0.5, 0.6) is 0 Å². The van der Waals surface area contributed by atoms with E-state index in [2.05, 4.69) is 0 Å². The maximum atomic E-state index is 10.8. The zero-order valence-electron chi connectivity index (χ0n) is 6.71. The average Bonchev–Trinajstić information content (AvgIpc) is 2.39. The molecule has 2 rings (SSSR count). The second-order valence-corrected chi connectivity index (χ2v) is 3.77. The third-order valence-electron chi connectivity index (χ3n) is 3.26. The second-order valence-electron chi connectivity index (χ2n) is 3.77. The Morgan fingerprint density at radius 3 is 2.64 bits per heavy atom. The van der Waals surface area contributed by atoms with Gasteiger partial charge in [0.25, 0.3) is 0 Å². The van der Waals surface area contributed by atoms with E-state index < -0.39 is 0 Å². The number of carbonyl (C=O) groups excluding carboxylic acids is 1. The number of rotatable bonds is 2. The molecule has 1 atom stereocenters. The van der Waals surface area contributed by atoms with Crippen molar-refractivity contribution in [3.05, 3.63) is 0 Å².